The quantitative estimate of drug-likeness (QED) is 0.724. The Morgan fingerprint density at radius 1 is 1.08 bits per heavy atom. The van der Waals surface area contributed by atoms with Gasteiger partial charge < -0.3 is 10.3 Å². The summed E-state index contributed by atoms with van der Waals surface area (Å²) in [7, 11) is -3.51. The van der Waals surface area contributed by atoms with E-state index in [4.69, 9.17) is 0 Å². The molecule has 1 fully saturated rings. The van der Waals surface area contributed by atoms with Gasteiger partial charge in [-0.3, -0.25) is 0 Å². The number of sulfone groups is 1. The van der Waals surface area contributed by atoms with Crippen molar-refractivity contribution in [1.29, 1.82) is 0 Å². The SMILES string of the molecule is O=S(=O)(c1ccccc1)c1c[nH]c2ccc(CCNC3CC3)cc12. The molecule has 0 atom stereocenters. The van der Waals surface area contributed by atoms with Gasteiger partial charge in [-0.05, 0) is 55.6 Å². The van der Waals surface area contributed by atoms with Gasteiger partial charge in [0.1, 0.15) is 0 Å². The average Bonchev–Trinajstić information content (AvgIpc) is 3.32. The fourth-order valence-electron chi connectivity index (χ4n) is 2.95. The highest BCUT2D eigenvalue weighted by Crippen LogP contribution is 2.29. The first-order valence-electron chi connectivity index (χ1n) is 8.28. The maximum Gasteiger partial charge on any atom is 0.208 e. The van der Waals surface area contributed by atoms with Crippen LogP contribution in [0.15, 0.2) is 64.5 Å². The molecule has 4 rings (SSSR count). The van der Waals surface area contributed by atoms with E-state index in [9.17, 15) is 8.42 Å². The van der Waals surface area contributed by atoms with E-state index in [1.54, 1.807) is 30.5 Å². The van der Waals surface area contributed by atoms with E-state index in [-0.39, 0.29) is 0 Å². The van der Waals surface area contributed by atoms with Crippen LogP contribution in [0.1, 0.15) is 18.4 Å². The Labute approximate surface area is 141 Å². The van der Waals surface area contributed by atoms with Crippen LogP contribution in [0.5, 0.6) is 0 Å². The summed E-state index contributed by atoms with van der Waals surface area (Å²) in [6, 6.07) is 15.3. The van der Waals surface area contributed by atoms with Crippen molar-refractivity contribution in [3.63, 3.8) is 0 Å². The zero-order valence-electron chi connectivity index (χ0n) is 13.3. The van der Waals surface area contributed by atoms with E-state index in [0.717, 1.165) is 29.4 Å². The summed E-state index contributed by atoms with van der Waals surface area (Å²) in [5, 5.41) is 4.26. The minimum atomic E-state index is -3.51. The van der Waals surface area contributed by atoms with Crippen molar-refractivity contribution in [3.8, 4) is 0 Å². The lowest BCUT2D eigenvalue weighted by molar-refractivity contribution is 0.597. The van der Waals surface area contributed by atoms with Crippen molar-refractivity contribution >= 4 is 20.7 Å². The predicted molar refractivity (Wildman–Crippen MR) is 94.9 cm³/mol. The molecule has 5 heteroatoms. The number of H-pyrrole nitrogens is 1. The van der Waals surface area contributed by atoms with Gasteiger partial charge in [-0.1, -0.05) is 24.3 Å². The van der Waals surface area contributed by atoms with Gasteiger partial charge in [0.25, 0.3) is 0 Å². The molecule has 124 valence electrons. The van der Waals surface area contributed by atoms with Gasteiger partial charge in [-0.15, -0.1) is 0 Å². The Morgan fingerprint density at radius 3 is 2.62 bits per heavy atom. The summed E-state index contributed by atoms with van der Waals surface area (Å²) in [5.41, 5.74) is 2.00. The van der Waals surface area contributed by atoms with Gasteiger partial charge in [0.05, 0.1) is 9.79 Å². The molecule has 0 aliphatic heterocycles. The monoisotopic (exact) mass is 340 g/mol. The average molecular weight is 340 g/mol. The summed E-state index contributed by atoms with van der Waals surface area (Å²) >= 11 is 0. The van der Waals surface area contributed by atoms with Crippen LogP contribution < -0.4 is 5.32 Å². The zero-order valence-corrected chi connectivity index (χ0v) is 14.1. The summed E-state index contributed by atoms with van der Waals surface area (Å²) in [4.78, 5) is 3.75. The van der Waals surface area contributed by atoms with E-state index in [1.807, 2.05) is 18.2 Å². The highest BCUT2D eigenvalue weighted by Gasteiger charge is 2.22. The first-order valence-corrected chi connectivity index (χ1v) is 9.76. The zero-order chi connectivity index (χ0) is 16.6. The number of aromatic amines is 1. The lowest BCUT2D eigenvalue weighted by Crippen LogP contribution is -2.19. The molecule has 0 bridgehead atoms. The standard InChI is InChI=1S/C19H20N2O2S/c22-24(23,16-4-2-1-3-5-16)19-13-21-18-9-6-14(12-17(18)19)10-11-20-15-7-8-15/h1-6,9,12-13,15,20-21H,7-8,10-11H2. The number of benzene rings is 2. The Morgan fingerprint density at radius 2 is 1.88 bits per heavy atom. The molecule has 3 aromatic rings. The van der Waals surface area contributed by atoms with Crippen molar-refractivity contribution < 1.29 is 8.42 Å². The molecule has 1 aliphatic carbocycles. The normalized spacial score (nSPS) is 15.0. The number of fused-ring (bicyclic) bond motifs is 1. The van der Waals surface area contributed by atoms with Gasteiger partial charge >= 0.3 is 0 Å². The van der Waals surface area contributed by atoms with Crippen LogP contribution in [0.3, 0.4) is 0 Å². The first kappa shape index (κ1) is 15.4. The summed E-state index contributed by atoms with van der Waals surface area (Å²) in [5.74, 6) is 0. The molecule has 1 aliphatic rings. The minimum absolute atomic E-state index is 0.326. The molecule has 24 heavy (non-hydrogen) atoms. The van der Waals surface area contributed by atoms with E-state index < -0.39 is 9.84 Å². The molecular weight excluding hydrogens is 320 g/mol. The molecule has 0 radical (unpaired) electrons. The van der Waals surface area contributed by atoms with Crippen LogP contribution in [0.4, 0.5) is 0 Å². The largest absolute Gasteiger partial charge is 0.360 e. The van der Waals surface area contributed by atoms with Gasteiger partial charge in [-0.25, -0.2) is 8.42 Å². The van der Waals surface area contributed by atoms with Crippen LogP contribution in [0.2, 0.25) is 0 Å². The molecule has 1 heterocycles. The number of hydrogen-bond acceptors (Lipinski definition) is 3. The highest BCUT2D eigenvalue weighted by atomic mass is 32.2. The number of nitrogens with one attached hydrogen (secondary N) is 2. The third kappa shape index (κ3) is 2.97. The maximum absolute atomic E-state index is 12.9. The number of hydrogen-bond donors (Lipinski definition) is 2. The van der Waals surface area contributed by atoms with Crippen LogP contribution in [0, 0.1) is 0 Å². The van der Waals surface area contributed by atoms with Crippen LogP contribution in [-0.2, 0) is 16.3 Å². The molecule has 2 aromatic carbocycles. The molecular formula is C19H20N2O2S. The number of rotatable bonds is 6. The third-order valence-corrected chi connectivity index (χ3v) is 6.28. The molecule has 2 N–H and O–H groups in total. The second kappa shape index (κ2) is 6.07. The summed E-state index contributed by atoms with van der Waals surface area (Å²) in [6.07, 6.45) is 5.05. The Kier molecular flexibility index (Phi) is 3.90. The van der Waals surface area contributed by atoms with Gasteiger partial charge in [0, 0.05) is 23.1 Å². The lowest BCUT2D eigenvalue weighted by atomic mass is 10.1. The third-order valence-electron chi connectivity index (χ3n) is 4.48. The van der Waals surface area contributed by atoms with Crippen molar-refractivity contribution in [1.82, 2.24) is 10.3 Å². The molecule has 0 amide bonds. The second-order valence-corrected chi connectivity index (χ2v) is 8.25. The van der Waals surface area contributed by atoms with Crippen LogP contribution >= 0.6 is 0 Å². The first-order chi connectivity index (χ1) is 11.6. The lowest BCUT2D eigenvalue weighted by Gasteiger charge is -2.06. The summed E-state index contributed by atoms with van der Waals surface area (Å²) in [6.45, 7) is 0.932. The van der Waals surface area contributed by atoms with Crippen molar-refractivity contribution in [2.75, 3.05) is 6.54 Å². The number of aromatic nitrogens is 1. The van der Waals surface area contributed by atoms with E-state index in [2.05, 4.69) is 16.4 Å². The fraction of sp³-hybridized carbons (Fsp3) is 0.263. The topological polar surface area (TPSA) is 62.0 Å². The Balaban J connectivity index is 1.67. The maximum atomic E-state index is 12.9. The van der Waals surface area contributed by atoms with E-state index in [0.29, 0.717) is 15.8 Å². The van der Waals surface area contributed by atoms with Gasteiger partial charge in [0.2, 0.25) is 9.84 Å². The molecule has 0 spiro atoms. The molecule has 0 unspecified atom stereocenters. The van der Waals surface area contributed by atoms with Gasteiger partial charge in [0.15, 0.2) is 0 Å². The predicted octanol–water partition coefficient (Wildman–Crippen LogP) is 3.30. The summed E-state index contributed by atoms with van der Waals surface area (Å²) < 4.78 is 25.8. The van der Waals surface area contributed by atoms with Crippen molar-refractivity contribution in [2.24, 2.45) is 0 Å². The van der Waals surface area contributed by atoms with E-state index >= 15 is 0 Å². The highest BCUT2D eigenvalue weighted by molar-refractivity contribution is 7.91. The molecule has 1 saturated carbocycles. The van der Waals surface area contributed by atoms with Gasteiger partial charge in [-0.2, -0.15) is 0 Å². The fourth-order valence-corrected chi connectivity index (χ4v) is 4.40. The Hall–Kier alpha value is -2.11. The van der Waals surface area contributed by atoms with Crippen molar-refractivity contribution in [2.45, 2.75) is 35.1 Å². The molecule has 4 nitrogen and oxygen atoms in total. The second-order valence-electron chi connectivity index (χ2n) is 6.33. The molecule has 1 aromatic heterocycles. The Bertz CT molecular complexity index is 957. The minimum Gasteiger partial charge on any atom is -0.360 e. The van der Waals surface area contributed by atoms with Crippen LogP contribution in [-0.4, -0.2) is 26.0 Å². The van der Waals surface area contributed by atoms with E-state index in [1.165, 1.54) is 12.8 Å². The smallest absolute Gasteiger partial charge is 0.208 e. The van der Waals surface area contributed by atoms with Crippen LogP contribution in [0.25, 0.3) is 10.9 Å². The molecule has 0 saturated heterocycles. The van der Waals surface area contributed by atoms with Crippen molar-refractivity contribution in [3.05, 3.63) is 60.3 Å².